The van der Waals surface area contributed by atoms with Crippen LogP contribution in [0.3, 0.4) is 0 Å². The van der Waals surface area contributed by atoms with Gasteiger partial charge in [-0.25, -0.2) is 8.78 Å². The van der Waals surface area contributed by atoms with E-state index in [2.05, 4.69) is 24.1 Å². The molecule has 1 amide bonds. The minimum absolute atomic E-state index is 0.0376. The van der Waals surface area contributed by atoms with Crippen LogP contribution in [0.25, 0.3) is 0 Å². The molecule has 3 nitrogen and oxygen atoms in total. The molecule has 27 heavy (non-hydrogen) atoms. The summed E-state index contributed by atoms with van der Waals surface area (Å²) in [5.41, 5.74) is 2.67. The molecule has 1 aliphatic rings. The third kappa shape index (κ3) is 5.13. The number of nitrogens with zero attached hydrogens (tertiary/aromatic N) is 1. The summed E-state index contributed by atoms with van der Waals surface area (Å²) >= 11 is 0. The second-order valence-electron chi connectivity index (χ2n) is 7.55. The van der Waals surface area contributed by atoms with Crippen molar-refractivity contribution in [3.63, 3.8) is 0 Å². The molecule has 2 aromatic carbocycles. The molecule has 0 atom stereocenters. The zero-order valence-electron chi connectivity index (χ0n) is 15.8. The number of rotatable bonds is 5. The van der Waals surface area contributed by atoms with Crippen LogP contribution >= 0.6 is 0 Å². The minimum Gasteiger partial charge on any atom is -0.349 e. The molecule has 1 saturated heterocycles. The van der Waals surface area contributed by atoms with Crippen molar-refractivity contribution >= 4 is 5.91 Å². The standard InChI is InChI=1S/C22H26F2N2O/c1-15(2)17-4-6-18(7-5-17)22(27)25-19-9-11-26(12-10-19)14-16-3-8-20(23)21(24)13-16/h3-8,13,15,19H,9-12,14H2,1-2H3,(H,25,27). The fourth-order valence-electron chi connectivity index (χ4n) is 3.42. The summed E-state index contributed by atoms with van der Waals surface area (Å²) in [6, 6.07) is 11.9. The third-order valence-electron chi connectivity index (χ3n) is 5.15. The van der Waals surface area contributed by atoms with Crippen LogP contribution in [-0.4, -0.2) is 29.9 Å². The largest absolute Gasteiger partial charge is 0.349 e. The van der Waals surface area contributed by atoms with Crippen LogP contribution in [0.2, 0.25) is 0 Å². The summed E-state index contributed by atoms with van der Waals surface area (Å²) in [5, 5.41) is 3.11. The molecular weight excluding hydrogens is 346 g/mol. The topological polar surface area (TPSA) is 32.3 Å². The van der Waals surface area contributed by atoms with E-state index in [4.69, 9.17) is 0 Å². The van der Waals surface area contributed by atoms with Gasteiger partial charge in [-0.1, -0.05) is 32.0 Å². The molecule has 0 bridgehead atoms. The highest BCUT2D eigenvalue weighted by molar-refractivity contribution is 5.94. The molecule has 1 aliphatic heterocycles. The Morgan fingerprint density at radius 2 is 1.74 bits per heavy atom. The minimum atomic E-state index is -0.818. The van der Waals surface area contributed by atoms with Crippen LogP contribution < -0.4 is 5.32 Å². The average molecular weight is 372 g/mol. The fraction of sp³-hybridized carbons (Fsp3) is 0.409. The third-order valence-corrected chi connectivity index (χ3v) is 5.15. The van der Waals surface area contributed by atoms with E-state index in [1.165, 1.54) is 17.7 Å². The lowest BCUT2D eigenvalue weighted by Gasteiger charge is -2.32. The quantitative estimate of drug-likeness (QED) is 0.839. The van der Waals surface area contributed by atoms with Crippen LogP contribution in [0.4, 0.5) is 8.78 Å². The molecule has 0 unspecified atom stereocenters. The molecule has 1 heterocycles. The first-order valence-corrected chi connectivity index (χ1v) is 9.49. The molecule has 2 aromatic rings. The summed E-state index contributed by atoms with van der Waals surface area (Å²) < 4.78 is 26.4. The number of likely N-dealkylation sites (tertiary alicyclic amines) is 1. The number of hydrogen-bond donors (Lipinski definition) is 1. The highest BCUT2D eigenvalue weighted by Crippen LogP contribution is 2.17. The van der Waals surface area contributed by atoms with E-state index in [0.717, 1.165) is 31.5 Å². The lowest BCUT2D eigenvalue weighted by atomic mass is 10.0. The Morgan fingerprint density at radius 1 is 1.07 bits per heavy atom. The first-order chi connectivity index (χ1) is 12.9. The first-order valence-electron chi connectivity index (χ1n) is 9.49. The number of hydrogen-bond acceptors (Lipinski definition) is 2. The van der Waals surface area contributed by atoms with Gasteiger partial charge in [-0.3, -0.25) is 9.69 Å². The van der Waals surface area contributed by atoms with E-state index in [0.29, 0.717) is 18.0 Å². The van der Waals surface area contributed by atoms with Gasteiger partial charge in [-0.15, -0.1) is 0 Å². The van der Waals surface area contributed by atoms with Gasteiger partial charge in [-0.05, 0) is 54.2 Å². The lowest BCUT2D eigenvalue weighted by Crippen LogP contribution is -2.44. The predicted octanol–water partition coefficient (Wildman–Crippen LogP) is 4.48. The van der Waals surface area contributed by atoms with Gasteiger partial charge < -0.3 is 5.32 Å². The summed E-state index contributed by atoms with van der Waals surface area (Å²) in [4.78, 5) is 14.6. The van der Waals surface area contributed by atoms with Crippen molar-refractivity contribution in [2.24, 2.45) is 0 Å². The van der Waals surface area contributed by atoms with Gasteiger partial charge in [0.25, 0.3) is 5.91 Å². The van der Waals surface area contributed by atoms with E-state index in [9.17, 15) is 13.6 Å². The number of halogens is 2. The fourth-order valence-corrected chi connectivity index (χ4v) is 3.42. The zero-order valence-corrected chi connectivity index (χ0v) is 15.8. The number of benzene rings is 2. The zero-order chi connectivity index (χ0) is 19.4. The molecule has 0 aliphatic carbocycles. The maximum Gasteiger partial charge on any atom is 0.251 e. The van der Waals surface area contributed by atoms with Crippen molar-refractivity contribution in [1.82, 2.24) is 10.2 Å². The normalized spacial score (nSPS) is 15.9. The SMILES string of the molecule is CC(C)c1ccc(C(=O)NC2CCN(Cc3ccc(F)c(F)c3)CC2)cc1. The average Bonchev–Trinajstić information content (AvgIpc) is 2.66. The first kappa shape index (κ1) is 19.5. The number of piperidine rings is 1. The molecular formula is C22H26F2N2O. The van der Waals surface area contributed by atoms with E-state index in [1.807, 2.05) is 24.3 Å². The lowest BCUT2D eigenvalue weighted by molar-refractivity contribution is 0.0909. The molecule has 1 N–H and O–H groups in total. The van der Waals surface area contributed by atoms with Crippen LogP contribution in [0.15, 0.2) is 42.5 Å². The molecule has 1 fully saturated rings. The van der Waals surface area contributed by atoms with Crippen LogP contribution in [0, 0.1) is 11.6 Å². The van der Waals surface area contributed by atoms with Gasteiger partial charge in [0, 0.05) is 31.2 Å². The smallest absolute Gasteiger partial charge is 0.251 e. The molecule has 0 aromatic heterocycles. The number of carbonyl (C=O) groups is 1. The number of nitrogens with one attached hydrogen (secondary N) is 1. The van der Waals surface area contributed by atoms with E-state index >= 15 is 0 Å². The van der Waals surface area contributed by atoms with Crippen molar-refractivity contribution in [1.29, 1.82) is 0 Å². The second-order valence-corrected chi connectivity index (χ2v) is 7.55. The molecule has 3 rings (SSSR count). The summed E-state index contributed by atoms with van der Waals surface area (Å²) in [6.45, 7) is 6.48. The summed E-state index contributed by atoms with van der Waals surface area (Å²) in [7, 11) is 0. The molecule has 0 saturated carbocycles. The molecule has 144 valence electrons. The Bertz CT molecular complexity index is 781. The van der Waals surface area contributed by atoms with E-state index in [1.54, 1.807) is 6.07 Å². The Balaban J connectivity index is 1.48. The van der Waals surface area contributed by atoms with E-state index in [-0.39, 0.29) is 11.9 Å². The second kappa shape index (κ2) is 8.61. The van der Waals surface area contributed by atoms with E-state index < -0.39 is 11.6 Å². The molecule has 0 spiro atoms. The Kier molecular flexibility index (Phi) is 6.22. The Hall–Kier alpha value is -2.27. The monoisotopic (exact) mass is 372 g/mol. The van der Waals surface area contributed by atoms with Crippen LogP contribution in [0.5, 0.6) is 0 Å². The van der Waals surface area contributed by atoms with Gasteiger partial charge in [-0.2, -0.15) is 0 Å². The Labute approximate surface area is 159 Å². The predicted molar refractivity (Wildman–Crippen MR) is 103 cm³/mol. The highest BCUT2D eigenvalue weighted by Gasteiger charge is 2.21. The van der Waals surface area contributed by atoms with Crippen molar-refractivity contribution in [2.45, 2.75) is 45.2 Å². The van der Waals surface area contributed by atoms with Crippen molar-refractivity contribution in [3.05, 3.63) is 70.8 Å². The van der Waals surface area contributed by atoms with Crippen molar-refractivity contribution in [2.75, 3.05) is 13.1 Å². The van der Waals surface area contributed by atoms with Gasteiger partial charge >= 0.3 is 0 Å². The molecule has 5 heteroatoms. The Morgan fingerprint density at radius 3 is 2.33 bits per heavy atom. The maximum atomic E-state index is 13.3. The van der Waals surface area contributed by atoms with Crippen LogP contribution in [0.1, 0.15) is 54.1 Å². The highest BCUT2D eigenvalue weighted by atomic mass is 19.2. The maximum absolute atomic E-state index is 13.3. The van der Waals surface area contributed by atoms with Crippen molar-refractivity contribution in [3.8, 4) is 0 Å². The van der Waals surface area contributed by atoms with Gasteiger partial charge in [0.2, 0.25) is 0 Å². The number of carbonyl (C=O) groups excluding carboxylic acids is 1. The summed E-state index contributed by atoms with van der Waals surface area (Å²) in [6.07, 6.45) is 1.69. The van der Waals surface area contributed by atoms with Crippen LogP contribution in [-0.2, 0) is 6.54 Å². The van der Waals surface area contributed by atoms with Gasteiger partial charge in [0.15, 0.2) is 11.6 Å². The molecule has 0 radical (unpaired) electrons. The van der Waals surface area contributed by atoms with Gasteiger partial charge in [0.1, 0.15) is 0 Å². The summed E-state index contributed by atoms with van der Waals surface area (Å²) in [5.74, 6) is -1.22. The van der Waals surface area contributed by atoms with Gasteiger partial charge in [0.05, 0.1) is 0 Å². The number of amides is 1. The van der Waals surface area contributed by atoms with Crippen molar-refractivity contribution < 1.29 is 13.6 Å².